The summed E-state index contributed by atoms with van der Waals surface area (Å²) in [5.74, 6) is 1.30. The van der Waals surface area contributed by atoms with E-state index in [1.165, 1.54) is 16.7 Å². The van der Waals surface area contributed by atoms with Crippen molar-refractivity contribution >= 4 is 5.91 Å². The Hall–Kier alpha value is -2.17. The summed E-state index contributed by atoms with van der Waals surface area (Å²) >= 11 is 0. The summed E-state index contributed by atoms with van der Waals surface area (Å²) in [7, 11) is 0. The molecule has 2 fully saturated rings. The highest BCUT2D eigenvalue weighted by Crippen LogP contribution is 2.67. The second kappa shape index (κ2) is 6.41. The highest BCUT2D eigenvalue weighted by atomic mass is 16.3. The van der Waals surface area contributed by atoms with Gasteiger partial charge in [0.05, 0.1) is 5.60 Å². The number of nitrogens with two attached hydrogens (primary N) is 1. The summed E-state index contributed by atoms with van der Waals surface area (Å²) in [6, 6.07) is 16.3. The van der Waals surface area contributed by atoms with Crippen LogP contribution in [-0.4, -0.2) is 41.1 Å². The number of aliphatic hydroxyl groups is 1. The molecule has 0 spiro atoms. The largest absolute Gasteiger partial charge is 0.388 e. The molecule has 2 aromatic carbocycles. The van der Waals surface area contributed by atoms with Crippen molar-refractivity contribution < 1.29 is 9.90 Å². The third-order valence-electron chi connectivity index (χ3n) is 7.79. The van der Waals surface area contributed by atoms with Gasteiger partial charge in [-0.15, -0.1) is 0 Å². The van der Waals surface area contributed by atoms with Crippen LogP contribution in [0, 0.1) is 17.8 Å². The van der Waals surface area contributed by atoms with Crippen molar-refractivity contribution in [1.29, 1.82) is 0 Å². The van der Waals surface area contributed by atoms with E-state index in [4.69, 9.17) is 5.73 Å². The van der Waals surface area contributed by atoms with Crippen molar-refractivity contribution in [3.05, 3.63) is 70.8 Å². The van der Waals surface area contributed by atoms with Crippen molar-refractivity contribution in [3.8, 4) is 0 Å². The summed E-state index contributed by atoms with van der Waals surface area (Å²) in [6.07, 6.45) is 1.51. The van der Waals surface area contributed by atoms with Gasteiger partial charge in [0, 0.05) is 43.5 Å². The number of amides is 1. The number of β-amino-alcohol motifs (C(OH)–C–C–N with tert-alkyl or cyclic N) is 1. The van der Waals surface area contributed by atoms with Crippen LogP contribution in [0.5, 0.6) is 0 Å². The first kappa shape index (κ1) is 18.8. The lowest BCUT2D eigenvalue weighted by atomic mass is 9.79. The first-order chi connectivity index (χ1) is 13.8. The lowest BCUT2D eigenvalue weighted by molar-refractivity contribution is 0.0132. The molecule has 0 aromatic heterocycles. The number of primary amides is 1. The maximum Gasteiger partial charge on any atom is 0.248 e. The topological polar surface area (TPSA) is 66.6 Å². The molecule has 2 unspecified atom stereocenters. The van der Waals surface area contributed by atoms with Gasteiger partial charge in [0.25, 0.3) is 0 Å². The quantitative estimate of drug-likeness (QED) is 0.825. The van der Waals surface area contributed by atoms with Crippen molar-refractivity contribution in [2.24, 2.45) is 23.5 Å². The second-order valence-electron chi connectivity index (χ2n) is 9.79. The molecule has 5 rings (SSSR count). The SMILES string of the molecule is CC(C)C1(c2cccc(C(N)=O)c2)C2CN(CC3(O)Cc4ccccc4C3)CC21. The van der Waals surface area contributed by atoms with E-state index >= 15 is 0 Å². The third-order valence-corrected chi connectivity index (χ3v) is 7.79. The van der Waals surface area contributed by atoms with Crippen LogP contribution in [0.25, 0.3) is 0 Å². The molecule has 4 nitrogen and oxygen atoms in total. The average molecular weight is 391 g/mol. The van der Waals surface area contributed by atoms with Crippen LogP contribution in [0.4, 0.5) is 0 Å². The molecule has 1 saturated heterocycles. The zero-order valence-corrected chi connectivity index (χ0v) is 17.3. The van der Waals surface area contributed by atoms with Gasteiger partial charge in [0.15, 0.2) is 0 Å². The minimum atomic E-state index is -0.646. The maximum absolute atomic E-state index is 11.7. The van der Waals surface area contributed by atoms with Crippen molar-refractivity contribution in [3.63, 3.8) is 0 Å². The second-order valence-corrected chi connectivity index (χ2v) is 9.79. The summed E-state index contributed by atoms with van der Waals surface area (Å²) in [5.41, 5.74) is 9.45. The minimum Gasteiger partial charge on any atom is -0.388 e. The monoisotopic (exact) mass is 390 g/mol. The molecular weight excluding hydrogens is 360 g/mol. The molecular formula is C25H30N2O2. The summed E-state index contributed by atoms with van der Waals surface area (Å²) < 4.78 is 0. The Labute approximate surface area is 172 Å². The minimum absolute atomic E-state index is 0.128. The summed E-state index contributed by atoms with van der Waals surface area (Å²) in [6.45, 7) is 7.36. The Morgan fingerprint density at radius 2 is 1.72 bits per heavy atom. The fraction of sp³-hybridized carbons (Fsp3) is 0.480. The molecule has 1 heterocycles. The van der Waals surface area contributed by atoms with Crippen LogP contribution >= 0.6 is 0 Å². The Kier molecular flexibility index (Phi) is 4.17. The van der Waals surface area contributed by atoms with E-state index in [2.05, 4.69) is 49.1 Å². The fourth-order valence-electron chi connectivity index (χ4n) is 6.64. The van der Waals surface area contributed by atoms with E-state index in [9.17, 15) is 9.90 Å². The van der Waals surface area contributed by atoms with E-state index in [0.29, 0.717) is 23.3 Å². The molecule has 3 aliphatic rings. The van der Waals surface area contributed by atoms with Gasteiger partial charge < -0.3 is 10.8 Å². The van der Waals surface area contributed by atoms with Gasteiger partial charge in [-0.05, 0) is 46.6 Å². The smallest absolute Gasteiger partial charge is 0.248 e. The number of carbonyl (C=O) groups excluding carboxylic acids is 1. The van der Waals surface area contributed by atoms with Crippen molar-refractivity contribution in [2.75, 3.05) is 19.6 Å². The highest BCUT2D eigenvalue weighted by molar-refractivity contribution is 5.93. The van der Waals surface area contributed by atoms with Gasteiger partial charge in [-0.1, -0.05) is 50.2 Å². The molecule has 2 aromatic rings. The van der Waals surface area contributed by atoms with E-state index < -0.39 is 5.60 Å². The standard InChI is InChI=1S/C25H30N2O2/c1-16(2)25(20-9-5-8-17(10-20)23(26)28)21-13-27(14-22(21)25)15-24(29)11-18-6-3-4-7-19(18)12-24/h3-10,16,21-22,29H,11-15H2,1-2H3,(H2,26,28). The maximum atomic E-state index is 11.7. The van der Waals surface area contributed by atoms with Gasteiger partial charge in [-0.2, -0.15) is 0 Å². The summed E-state index contributed by atoms with van der Waals surface area (Å²) in [5, 5.41) is 11.2. The number of fused-ring (bicyclic) bond motifs is 2. The van der Waals surface area contributed by atoms with Crippen LogP contribution in [-0.2, 0) is 18.3 Å². The van der Waals surface area contributed by atoms with Gasteiger partial charge in [-0.3, -0.25) is 9.69 Å². The normalized spacial score (nSPS) is 29.7. The molecule has 4 heteroatoms. The first-order valence-corrected chi connectivity index (χ1v) is 10.8. The Morgan fingerprint density at radius 1 is 1.10 bits per heavy atom. The van der Waals surface area contributed by atoms with Gasteiger partial charge in [0.2, 0.25) is 5.91 Å². The average Bonchev–Trinajstić information content (AvgIpc) is 2.95. The van der Waals surface area contributed by atoms with Gasteiger partial charge in [0.1, 0.15) is 0 Å². The van der Waals surface area contributed by atoms with Crippen LogP contribution in [0.1, 0.15) is 40.9 Å². The Morgan fingerprint density at radius 3 is 2.28 bits per heavy atom. The highest BCUT2D eigenvalue weighted by Gasteiger charge is 2.69. The number of piperidine rings is 1. The van der Waals surface area contributed by atoms with Crippen molar-refractivity contribution in [1.82, 2.24) is 4.90 Å². The third kappa shape index (κ3) is 2.84. The van der Waals surface area contributed by atoms with E-state index in [1.54, 1.807) is 6.07 Å². The molecule has 1 amide bonds. The molecule has 1 saturated carbocycles. The molecule has 0 radical (unpaired) electrons. The molecule has 1 aliphatic heterocycles. The lowest BCUT2D eigenvalue weighted by Crippen LogP contribution is -2.45. The Balaban J connectivity index is 1.32. The predicted molar refractivity (Wildman–Crippen MR) is 114 cm³/mol. The van der Waals surface area contributed by atoms with Crippen LogP contribution in [0.3, 0.4) is 0 Å². The van der Waals surface area contributed by atoms with Crippen LogP contribution in [0.15, 0.2) is 48.5 Å². The molecule has 152 valence electrons. The van der Waals surface area contributed by atoms with Crippen LogP contribution in [0.2, 0.25) is 0 Å². The molecule has 0 bridgehead atoms. The zero-order chi connectivity index (χ0) is 20.4. The van der Waals surface area contributed by atoms with Crippen LogP contribution < -0.4 is 5.73 Å². The number of carbonyl (C=O) groups is 1. The molecule has 2 atom stereocenters. The fourth-order valence-corrected chi connectivity index (χ4v) is 6.64. The number of nitrogens with zero attached hydrogens (tertiary/aromatic N) is 1. The lowest BCUT2D eigenvalue weighted by Gasteiger charge is -2.34. The van der Waals surface area contributed by atoms with Gasteiger partial charge >= 0.3 is 0 Å². The van der Waals surface area contributed by atoms with E-state index in [1.807, 2.05) is 12.1 Å². The number of rotatable bonds is 5. The Bertz CT molecular complexity index is 930. The van der Waals surface area contributed by atoms with Crippen molar-refractivity contribution in [2.45, 2.75) is 37.7 Å². The summed E-state index contributed by atoms with van der Waals surface area (Å²) in [4.78, 5) is 14.1. The number of benzene rings is 2. The van der Waals surface area contributed by atoms with E-state index in [0.717, 1.165) is 32.5 Å². The van der Waals surface area contributed by atoms with Gasteiger partial charge in [-0.25, -0.2) is 0 Å². The molecule has 29 heavy (non-hydrogen) atoms. The number of hydrogen-bond acceptors (Lipinski definition) is 3. The first-order valence-electron chi connectivity index (χ1n) is 10.8. The number of likely N-dealkylation sites (tertiary alicyclic amines) is 1. The molecule has 3 N–H and O–H groups in total. The molecule has 2 aliphatic carbocycles. The zero-order valence-electron chi connectivity index (χ0n) is 17.3. The van der Waals surface area contributed by atoms with E-state index in [-0.39, 0.29) is 11.3 Å². The predicted octanol–water partition coefficient (Wildman–Crippen LogP) is 2.77. The number of hydrogen-bond donors (Lipinski definition) is 2.